The monoisotopic (exact) mass is 636 g/mol. The summed E-state index contributed by atoms with van der Waals surface area (Å²) in [4.78, 5) is 0. The fraction of sp³-hybridized carbons (Fsp3) is 0.375. The van der Waals surface area contributed by atoms with E-state index < -0.39 is 52.4 Å². The number of hydrogen-bond donors (Lipinski definition) is 0. The summed E-state index contributed by atoms with van der Waals surface area (Å²) in [6.45, 7) is 5.07. The van der Waals surface area contributed by atoms with E-state index in [-0.39, 0.29) is 26.4 Å². The molecule has 0 aromatic heterocycles. The van der Waals surface area contributed by atoms with Gasteiger partial charge in [-0.25, -0.2) is 0 Å². The Morgan fingerprint density at radius 2 is 1.27 bits per heavy atom. The highest BCUT2D eigenvalue weighted by atomic mass is 32.2. The summed E-state index contributed by atoms with van der Waals surface area (Å²) in [5, 5.41) is 0. The van der Waals surface area contributed by atoms with Gasteiger partial charge in [0.2, 0.25) is 0 Å². The standard InChI is InChI=1S/C32H35F3O8S/c1-3-23(2)41-31-30(40-21-26-17-11-6-12-18-26)29(39-20-25-15-9-5-10-16-25)28(43-44(36,37)32(33,34)35)27(42-31)22-38-19-24-13-7-4-8-14-24/h3-18,23,27-31H,1,19-22H2,2H3/t23?,27-,28-,29+,30-,31-/m1/s1. The van der Waals surface area contributed by atoms with Crippen molar-refractivity contribution < 1.29 is 49.5 Å². The third kappa shape index (κ3) is 9.45. The molecule has 0 amide bonds. The maximum atomic E-state index is 13.6. The first kappa shape index (κ1) is 33.8. The number of benzene rings is 3. The Hall–Kier alpha value is -3.10. The van der Waals surface area contributed by atoms with Gasteiger partial charge in [-0.3, -0.25) is 4.18 Å². The van der Waals surface area contributed by atoms with E-state index >= 15 is 0 Å². The van der Waals surface area contributed by atoms with Crippen molar-refractivity contribution in [1.82, 2.24) is 0 Å². The number of hydrogen-bond acceptors (Lipinski definition) is 8. The van der Waals surface area contributed by atoms with Gasteiger partial charge in [0.05, 0.1) is 32.5 Å². The summed E-state index contributed by atoms with van der Waals surface area (Å²) in [7, 11) is -6.09. The van der Waals surface area contributed by atoms with Crippen molar-refractivity contribution in [2.45, 2.75) is 69.1 Å². The van der Waals surface area contributed by atoms with Crippen LogP contribution in [0.2, 0.25) is 0 Å². The first-order valence-corrected chi connectivity index (χ1v) is 15.3. The zero-order chi connectivity index (χ0) is 31.6. The summed E-state index contributed by atoms with van der Waals surface area (Å²) in [5.41, 5.74) is -3.47. The van der Waals surface area contributed by atoms with Gasteiger partial charge in [-0.2, -0.15) is 21.6 Å². The largest absolute Gasteiger partial charge is 0.523 e. The molecule has 6 atom stereocenters. The van der Waals surface area contributed by atoms with Gasteiger partial charge in [-0.1, -0.05) is 97.1 Å². The lowest BCUT2D eigenvalue weighted by Crippen LogP contribution is -2.63. The van der Waals surface area contributed by atoms with Gasteiger partial charge < -0.3 is 23.7 Å². The fourth-order valence-corrected chi connectivity index (χ4v) is 5.11. The predicted molar refractivity (Wildman–Crippen MR) is 155 cm³/mol. The van der Waals surface area contributed by atoms with Crippen molar-refractivity contribution in [3.63, 3.8) is 0 Å². The molecule has 1 heterocycles. The van der Waals surface area contributed by atoms with Crippen LogP contribution in [0.5, 0.6) is 0 Å². The van der Waals surface area contributed by atoms with Crippen LogP contribution in [0.3, 0.4) is 0 Å². The molecular formula is C32H35F3O8S. The minimum absolute atomic E-state index is 0.00366. The quantitative estimate of drug-likeness (QED) is 0.115. The van der Waals surface area contributed by atoms with E-state index in [2.05, 4.69) is 6.58 Å². The zero-order valence-corrected chi connectivity index (χ0v) is 24.9. The number of ether oxygens (including phenoxy) is 5. The van der Waals surface area contributed by atoms with E-state index in [1.54, 1.807) is 85.8 Å². The van der Waals surface area contributed by atoms with E-state index in [1.165, 1.54) is 6.08 Å². The van der Waals surface area contributed by atoms with E-state index in [0.29, 0.717) is 5.56 Å². The highest BCUT2D eigenvalue weighted by Crippen LogP contribution is 2.35. The molecule has 0 bridgehead atoms. The van der Waals surface area contributed by atoms with Crippen LogP contribution >= 0.6 is 0 Å². The normalized spacial score (nSPS) is 23.2. The second-order valence-electron chi connectivity index (χ2n) is 10.1. The van der Waals surface area contributed by atoms with Crippen molar-refractivity contribution in [2.75, 3.05) is 6.61 Å². The van der Waals surface area contributed by atoms with Gasteiger partial charge in [0.25, 0.3) is 0 Å². The van der Waals surface area contributed by atoms with Crippen LogP contribution in [0, 0.1) is 0 Å². The molecule has 8 nitrogen and oxygen atoms in total. The SMILES string of the molecule is C=CC(C)O[C@@H]1O[C@H](COCc2ccccc2)[C@@H](OS(=O)(=O)C(F)(F)F)[C@H](OCc2ccccc2)[C@H]1OCc1ccccc1. The molecule has 1 saturated heterocycles. The second kappa shape index (κ2) is 15.8. The average molecular weight is 637 g/mol. The van der Waals surface area contributed by atoms with Crippen molar-refractivity contribution >= 4 is 10.1 Å². The van der Waals surface area contributed by atoms with E-state index in [1.807, 2.05) is 12.1 Å². The Morgan fingerprint density at radius 3 is 1.75 bits per heavy atom. The lowest BCUT2D eigenvalue weighted by Gasteiger charge is -2.45. The van der Waals surface area contributed by atoms with Gasteiger partial charge in [0.1, 0.15) is 24.4 Å². The summed E-state index contributed by atoms with van der Waals surface area (Å²) in [5.74, 6) is 0. The van der Waals surface area contributed by atoms with Crippen LogP contribution in [0.25, 0.3) is 0 Å². The van der Waals surface area contributed by atoms with Crippen LogP contribution in [0.1, 0.15) is 23.6 Å². The molecule has 0 saturated carbocycles. The maximum Gasteiger partial charge on any atom is 0.523 e. The van der Waals surface area contributed by atoms with Crippen LogP contribution < -0.4 is 0 Å². The molecule has 1 aliphatic heterocycles. The Morgan fingerprint density at radius 1 is 0.795 bits per heavy atom. The van der Waals surface area contributed by atoms with E-state index in [4.69, 9.17) is 27.9 Å². The number of rotatable bonds is 15. The molecule has 44 heavy (non-hydrogen) atoms. The van der Waals surface area contributed by atoms with Crippen molar-refractivity contribution in [3.8, 4) is 0 Å². The second-order valence-corrected chi connectivity index (χ2v) is 11.7. The van der Waals surface area contributed by atoms with Crippen molar-refractivity contribution in [3.05, 3.63) is 120 Å². The van der Waals surface area contributed by atoms with Crippen LogP contribution in [0.15, 0.2) is 104 Å². The number of halogens is 3. The molecule has 0 radical (unpaired) electrons. The van der Waals surface area contributed by atoms with Gasteiger partial charge in [0, 0.05) is 0 Å². The highest BCUT2D eigenvalue weighted by Gasteiger charge is 2.56. The summed E-state index contributed by atoms with van der Waals surface area (Å²) in [6.07, 6.45) is -6.09. The van der Waals surface area contributed by atoms with E-state index in [9.17, 15) is 21.6 Å². The van der Waals surface area contributed by atoms with Crippen LogP contribution in [-0.4, -0.2) is 57.3 Å². The molecule has 0 spiro atoms. The molecular weight excluding hydrogens is 601 g/mol. The molecule has 0 N–H and O–H groups in total. The Bertz CT molecular complexity index is 1390. The Balaban J connectivity index is 1.70. The van der Waals surface area contributed by atoms with Gasteiger partial charge in [-0.15, -0.1) is 6.58 Å². The smallest absolute Gasteiger partial charge is 0.374 e. The third-order valence-corrected chi connectivity index (χ3v) is 7.80. The molecule has 0 aliphatic carbocycles. The number of alkyl halides is 3. The molecule has 12 heteroatoms. The first-order valence-electron chi connectivity index (χ1n) is 13.9. The highest BCUT2D eigenvalue weighted by molar-refractivity contribution is 7.87. The molecule has 238 valence electrons. The fourth-order valence-electron chi connectivity index (χ4n) is 4.47. The van der Waals surface area contributed by atoms with Crippen LogP contribution in [-0.2, 0) is 57.8 Å². The summed E-state index contributed by atoms with van der Waals surface area (Å²) >= 11 is 0. The predicted octanol–water partition coefficient (Wildman–Crippen LogP) is 5.92. The summed E-state index contributed by atoms with van der Waals surface area (Å²) < 4.78 is 101. The van der Waals surface area contributed by atoms with E-state index in [0.717, 1.165) is 11.1 Å². The van der Waals surface area contributed by atoms with Crippen molar-refractivity contribution in [2.24, 2.45) is 0 Å². The Kier molecular flexibility index (Phi) is 12.1. The lowest BCUT2D eigenvalue weighted by atomic mass is 9.98. The molecule has 3 aromatic rings. The van der Waals surface area contributed by atoms with Crippen LogP contribution in [0.4, 0.5) is 13.2 Å². The van der Waals surface area contributed by atoms with Crippen molar-refractivity contribution in [1.29, 1.82) is 0 Å². The minimum atomic E-state index is -6.09. The molecule has 3 aromatic carbocycles. The molecule has 1 aliphatic rings. The van der Waals surface area contributed by atoms with Gasteiger partial charge in [-0.05, 0) is 23.6 Å². The minimum Gasteiger partial charge on any atom is -0.374 e. The third-order valence-electron chi connectivity index (χ3n) is 6.76. The molecule has 4 rings (SSSR count). The summed E-state index contributed by atoms with van der Waals surface area (Å²) in [6, 6.07) is 26.9. The zero-order valence-electron chi connectivity index (χ0n) is 24.0. The first-order chi connectivity index (χ1) is 21.1. The lowest BCUT2D eigenvalue weighted by molar-refractivity contribution is -0.322. The maximum absolute atomic E-state index is 13.6. The molecule has 1 unspecified atom stereocenters. The van der Waals surface area contributed by atoms with Gasteiger partial charge >= 0.3 is 15.6 Å². The molecule has 1 fully saturated rings. The topological polar surface area (TPSA) is 89.5 Å². The van der Waals surface area contributed by atoms with Gasteiger partial charge in [0.15, 0.2) is 6.29 Å². The average Bonchev–Trinajstić information content (AvgIpc) is 3.01. The Labute approximate surface area is 255 Å².